The van der Waals surface area contributed by atoms with Gasteiger partial charge in [-0.2, -0.15) is 5.10 Å². The lowest BCUT2D eigenvalue weighted by atomic mass is 10.1. The fourth-order valence-corrected chi connectivity index (χ4v) is 2.96. The molecule has 0 saturated carbocycles. The van der Waals surface area contributed by atoms with Crippen molar-refractivity contribution < 1.29 is 4.74 Å². The average Bonchev–Trinajstić information content (AvgIpc) is 2.87. The molecular formula is C20H31ClIN5O. The number of hydrogen-bond donors (Lipinski definition) is 2. The summed E-state index contributed by atoms with van der Waals surface area (Å²) in [4.78, 5) is 4.63. The Labute approximate surface area is 190 Å². The molecule has 2 rings (SSSR count). The Hall–Kier alpha value is -1.48. The number of nitrogens with zero attached hydrogens (tertiary/aromatic N) is 3. The van der Waals surface area contributed by atoms with Crippen molar-refractivity contribution in [1.82, 2.24) is 20.4 Å². The number of aromatic nitrogens is 2. The summed E-state index contributed by atoms with van der Waals surface area (Å²) in [5.74, 6) is 1.59. The smallest absolute Gasteiger partial charge is 0.191 e. The number of rotatable bonds is 8. The molecule has 2 aromatic rings. The molecule has 0 aliphatic carbocycles. The Morgan fingerprint density at radius 3 is 2.50 bits per heavy atom. The van der Waals surface area contributed by atoms with E-state index >= 15 is 0 Å². The topological polar surface area (TPSA) is 63.5 Å². The highest BCUT2D eigenvalue weighted by atomic mass is 127. The van der Waals surface area contributed by atoms with Crippen LogP contribution in [-0.2, 0) is 13.5 Å². The molecule has 1 atom stereocenters. The molecule has 0 saturated heterocycles. The predicted molar refractivity (Wildman–Crippen MR) is 127 cm³/mol. The van der Waals surface area contributed by atoms with Crippen molar-refractivity contribution in [3.05, 3.63) is 46.2 Å². The van der Waals surface area contributed by atoms with Gasteiger partial charge in [0, 0.05) is 30.9 Å². The second-order valence-corrected chi connectivity index (χ2v) is 6.99. The predicted octanol–water partition coefficient (Wildman–Crippen LogP) is 3.87. The number of hydrogen-bond acceptors (Lipinski definition) is 3. The molecule has 1 heterocycles. The molecule has 0 amide bonds. The van der Waals surface area contributed by atoms with Crippen molar-refractivity contribution in [2.24, 2.45) is 12.0 Å². The molecule has 6 nitrogen and oxygen atoms in total. The van der Waals surface area contributed by atoms with Crippen LogP contribution in [0.2, 0.25) is 5.02 Å². The zero-order valence-electron chi connectivity index (χ0n) is 17.3. The summed E-state index contributed by atoms with van der Waals surface area (Å²) in [6.07, 6.45) is 0.872. The SMILES string of the molecule is CCNC(=NCC(C)Oc1ccc(Cl)cc1)NCCc1c(C)nn(C)c1C.I. The lowest BCUT2D eigenvalue weighted by molar-refractivity contribution is 0.230. The van der Waals surface area contributed by atoms with Gasteiger partial charge < -0.3 is 15.4 Å². The van der Waals surface area contributed by atoms with Crippen LogP contribution >= 0.6 is 35.6 Å². The highest BCUT2D eigenvalue weighted by molar-refractivity contribution is 14.0. The number of benzene rings is 1. The molecular weight excluding hydrogens is 489 g/mol. The molecule has 28 heavy (non-hydrogen) atoms. The molecule has 8 heteroatoms. The van der Waals surface area contributed by atoms with Gasteiger partial charge in [-0.25, -0.2) is 4.99 Å². The van der Waals surface area contributed by atoms with Crippen LogP contribution in [-0.4, -0.2) is 41.5 Å². The van der Waals surface area contributed by atoms with Gasteiger partial charge in [0.1, 0.15) is 11.9 Å². The average molecular weight is 520 g/mol. The number of nitrogens with one attached hydrogen (secondary N) is 2. The summed E-state index contributed by atoms with van der Waals surface area (Å²) in [5, 5.41) is 11.8. The van der Waals surface area contributed by atoms with Gasteiger partial charge in [0.15, 0.2) is 5.96 Å². The van der Waals surface area contributed by atoms with Crippen LogP contribution in [0.25, 0.3) is 0 Å². The molecule has 0 aliphatic heterocycles. The molecule has 2 N–H and O–H groups in total. The normalized spacial score (nSPS) is 12.3. The van der Waals surface area contributed by atoms with Crippen LogP contribution in [0.3, 0.4) is 0 Å². The maximum absolute atomic E-state index is 5.90. The fourth-order valence-electron chi connectivity index (χ4n) is 2.83. The zero-order valence-corrected chi connectivity index (χ0v) is 20.3. The summed E-state index contributed by atoms with van der Waals surface area (Å²) in [6.45, 7) is 10.4. The van der Waals surface area contributed by atoms with E-state index in [2.05, 4.69) is 41.5 Å². The Balaban J connectivity index is 0.00000392. The van der Waals surface area contributed by atoms with Gasteiger partial charge in [0.25, 0.3) is 0 Å². The quantitative estimate of drug-likeness (QED) is 0.316. The van der Waals surface area contributed by atoms with Crippen LogP contribution in [0.4, 0.5) is 0 Å². The van der Waals surface area contributed by atoms with Crippen LogP contribution in [0, 0.1) is 13.8 Å². The van der Waals surface area contributed by atoms with Crippen LogP contribution < -0.4 is 15.4 Å². The summed E-state index contributed by atoms with van der Waals surface area (Å²) < 4.78 is 7.80. The third-order valence-electron chi connectivity index (χ3n) is 4.33. The zero-order chi connectivity index (χ0) is 19.8. The van der Waals surface area contributed by atoms with E-state index in [0.717, 1.165) is 36.9 Å². The third-order valence-corrected chi connectivity index (χ3v) is 4.58. The van der Waals surface area contributed by atoms with Gasteiger partial charge >= 0.3 is 0 Å². The minimum absolute atomic E-state index is 0. The number of ether oxygens (including phenoxy) is 1. The lowest BCUT2D eigenvalue weighted by Gasteiger charge is -2.15. The largest absolute Gasteiger partial charge is 0.489 e. The Morgan fingerprint density at radius 1 is 1.25 bits per heavy atom. The Bertz CT molecular complexity index is 761. The van der Waals surface area contributed by atoms with Crippen LogP contribution in [0.5, 0.6) is 5.75 Å². The minimum Gasteiger partial charge on any atom is -0.489 e. The molecule has 0 aliphatic rings. The van der Waals surface area contributed by atoms with Gasteiger partial charge in [-0.05, 0) is 63.9 Å². The van der Waals surface area contributed by atoms with E-state index in [4.69, 9.17) is 16.3 Å². The van der Waals surface area contributed by atoms with Crippen LogP contribution in [0.1, 0.15) is 30.8 Å². The lowest BCUT2D eigenvalue weighted by Crippen LogP contribution is -2.39. The molecule has 1 aromatic carbocycles. The Kier molecular flexibility index (Phi) is 10.7. The first-order valence-electron chi connectivity index (χ1n) is 9.34. The number of aliphatic imine (C=N–C) groups is 1. The maximum Gasteiger partial charge on any atom is 0.191 e. The van der Waals surface area contributed by atoms with E-state index in [-0.39, 0.29) is 30.1 Å². The maximum atomic E-state index is 5.90. The van der Waals surface area contributed by atoms with Crippen molar-refractivity contribution in [3.63, 3.8) is 0 Å². The van der Waals surface area contributed by atoms with E-state index in [1.165, 1.54) is 11.3 Å². The second kappa shape index (κ2) is 12.2. The van der Waals surface area contributed by atoms with Gasteiger partial charge in [0.05, 0.1) is 12.2 Å². The van der Waals surface area contributed by atoms with Crippen molar-refractivity contribution in [2.75, 3.05) is 19.6 Å². The van der Waals surface area contributed by atoms with E-state index < -0.39 is 0 Å². The van der Waals surface area contributed by atoms with Gasteiger partial charge in [0.2, 0.25) is 0 Å². The summed E-state index contributed by atoms with van der Waals surface area (Å²) >= 11 is 5.90. The highest BCUT2D eigenvalue weighted by Gasteiger charge is 2.09. The standard InChI is InChI=1S/C20H30ClN5O.HI/c1-6-22-20(23-12-11-19-15(3)25-26(5)16(19)4)24-13-14(2)27-18-9-7-17(21)8-10-18;/h7-10,14H,6,11-13H2,1-5H3,(H2,22,23,24);1H. The van der Waals surface area contributed by atoms with E-state index in [1.807, 2.05) is 42.9 Å². The third kappa shape index (κ3) is 7.50. The van der Waals surface area contributed by atoms with Crippen molar-refractivity contribution in [3.8, 4) is 5.75 Å². The molecule has 1 aromatic heterocycles. The monoisotopic (exact) mass is 519 g/mol. The summed E-state index contributed by atoms with van der Waals surface area (Å²) in [6, 6.07) is 7.37. The second-order valence-electron chi connectivity index (χ2n) is 6.55. The van der Waals surface area contributed by atoms with Gasteiger partial charge in [-0.15, -0.1) is 24.0 Å². The van der Waals surface area contributed by atoms with E-state index in [1.54, 1.807) is 0 Å². The van der Waals surface area contributed by atoms with Crippen LogP contribution in [0.15, 0.2) is 29.3 Å². The minimum atomic E-state index is -0.0376. The Morgan fingerprint density at radius 2 is 1.93 bits per heavy atom. The number of aryl methyl sites for hydroxylation is 2. The van der Waals surface area contributed by atoms with Gasteiger partial charge in [-0.1, -0.05) is 11.6 Å². The summed E-state index contributed by atoms with van der Waals surface area (Å²) in [7, 11) is 1.98. The first-order chi connectivity index (χ1) is 12.9. The number of guanidine groups is 1. The van der Waals surface area contributed by atoms with Crippen molar-refractivity contribution in [2.45, 2.75) is 40.2 Å². The molecule has 0 spiro atoms. The van der Waals surface area contributed by atoms with Crippen molar-refractivity contribution >= 4 is 41.5 Å². The van der Waals surface area contributed by atoms with E-state index in [0.29, 0.717) is 11.6 Å². The first-order valence-corrected chi connectivity index (χ1v) is 9.72. The molecule has 156 valence electrons. The van der Waals surface area contributed by atoms with Gasteiger partial charge in [-0.3, -0.25) is 4.68 Å². The summed E-state index contributed by atoms with van der Waals surface area (Å²) in [5.41, 5.74) is 3.59. The molecule has 0 radical (unpaired) electrons. The number of halogens is 2. The highest BCUT2D eigenvalue weighted by Crippen LogP contribution is 2.16. The molecule has 0 fully saturated rings. The van der Waals surface area contributed by atoms with E-state index in [9.17, 15) is 0 Å². The fraction of sp³-hybridized carbons (Fsp3) is 0.500. The first kappa shape index (κ1) is 24.6. The van der Waals surface area contributed by atoms with Crippen molar-refractivity contribution in [1.29, 1.82) is 0 Å². The molecule has 0 bridgehead atoms. The molecule has 1 unspecified atom stereocenters.